The second-order valence-electron chi connectivity index (χ2n) is 6.71. The van der Waals surface area contributed by atoms with E-state index in [4.69, 9.17) is 9.47 Å². The van der Waals surface area contributed by atoms with Gasteiger partial charge < -0.3 is 19.7 Å². The molecule has 0 unspecified atom stereocenters. The van der Waals surface area contributed by atoms with Gasteiger partial charge in [0.2, 0.25) is 0 Å². The zero-order valence-electron chi connectivity index (χ0n) is 16.0. The number of nitrogens with one attached hydrogen (secondary N) is 1. The summed E-state index contributed by atoms with van der Waals surface area (Å²) in [6.07, 6.45) is 7.95. The van der Waals surface area contributed by atoms with E-state index >= 15 is 0 Å². The summed E-state index contributed by atoms with van der Waals surface area (Å²) in [6, 6.07) is 7.67. The van der Waals surface area contributed by atoms with Crippen LogP contribution in [0.5, 0.6) is 11.5 Å². The van der Waals surface area contributed by atoms with Crippen LogP contribution in [0.2, 0.25) is 0 Å². The van der Waals surface area contributed by atoms with Gasteiger partial charge in [0.05, 0.1) is 25.5 Å². The van der Waals surface area contributed by atoms with Gasteiger partial charge in [-0.3, -0.25) is 9.78 Å². The first kappa shape index (κ1) is 19.0. The van der Waals surface area contributed by atoms with E-state index in [-0.39, 0.29) is 5.91 Å². The van der Waals surface area contributed by atoms with Gasteiger partial charge in [0, 0.05) is 32.0 Å². The lowest BCUT2D eigenvalue weighted by atomic mass is 10.2. The molecule has 2 aromatic rings. The summed E-state index contributed by atoms with van der Waals surface area (Å²) < 4.78 is 10.6. The van der Waals surface area contributed by atoms with E-state index < -0.39 is 0 Å². The number of likely N-dealkylation sites (tertiary alicyclic amines) is 1. The van der Waals surface area contributed by atoms with Crippen LogP contribution in [0, 0.1) is 0 Å². The van der Waals surface area contributed by atoms with Gasteiger partial charge in [0.1, 0.15) is 0 Å². The Morgan fingerprint density at radius 3 is 2.48 bits per heavy atom. The molecule has 0 spiro atoms. The maximum atomic E-state index is 12.8. The van der Waals surface area contributed by atoms with Gasteiger partial charge in [0.25, 0.3) is 5.91 Å². The number of aromatic nitrogens is 1. The van der Waals surface area contributed by atoms with E-state index in [1.54, 1.807) is 26.6 Å². The van der Waals surface area contributed by atoms with E-state index in [2.05, 4.69) is 10.3 Å². The Labute approximate surface area is 160 Å². The van der Waals surface area contributed by atoms with Crippen LogP contribution < -0.4 is 14.8 Å². The maximum absolute atomic E-state index is 12.8. The molecule has 1 aliphatic heterocycles. The maximum Gasteiger partial charge on any atom is 0.255 e. The molecule has 6 heteroatoms. The Morgan fingerprint density at radius 2 is 1.78 bits per heavy atom. The van der Waals surface area contributed by atoms with Crippen LogP contribution in [-0.4, -0.2) is 43.1 Å². The lowest BCUT2D eigenvalue weighted by molar-refractivity contribution is 0.0761. The van der Waals surface area contributed by atoms with Crippen molar-refractivity contribution in [2.45, 2.75) is 32.2 Å². The van der Waals surface area contributed by atoms with Gasteiger partial charge in [0.15, 0.2) is 11.5 Å². The molecule has 1 amide bonds. The highest BCUT2D eigenvalue weighted by Gasteiger charge is 2.17. The normalized spacial score (nSPS) is 14.4. The van der Waals surface area contributed by atoms with Crippen molar-refractivity contribution in [3.05, 3.63) is 47.8 Å². The van der Waals surface area contributed by atoms with Crippen molar-refractivity contribution in [2.24, 2.45) is 0 Å². The van der Waals surface area contributed by atoms with E-state index in [0.717, 1.165) is 37.2 Å². The lowest BCUT2D eigenvalue weighted by Crippen LogP contribution is -2.31. The first-order chi connectivity index (χ1) is 13.2. The number of rotatable bonds is 6. The van der Waals surface area contributed by atoms with Crippen LogP contribution in [0.4, 0.5) is 5.69 Å². The fraction of sp³-hybridized carbons (Fsp3) is 0.429. The minimum atomic E-state index is 0.0687. The molecule has 6 nitrogen and oxygen atoms in total. The smallest absolute Gasteiger partial charge is 0.255 e. The molecule has 1 aromatic heterocycles. The van der Waals surface area contributed by atoms with Crippen molar-refractivity contribution in [1.82, 2.24) is 9.88 Å². The van der Waals surface area contributed by atoms with E-state index in [1.807, 2.05) is 29.2 Å². The van der Waals surface area contributed by atoms with Crippen molar-refractivity contribution in [3.8, 4) is 11.5 Å². The quantitative estimate of drug-likeness (QED) is 0.841. The van der Waals surface area contributed by atoms with Gasteiger partial charge in [-0.25, -0.2) is 0 Å². The third-order valence-corrected chi connectivity index (χ3v) is 4.82. The number of benzene rings is 1. The third kappa shape index (κ3) is 4.90. The molecule has 1 aromatic carbocycles. The number of hydrogen-bond acceptors (Lipinski definition) is 5. The van der Waals surface area contributed by atoms with Gasteiger partial charge in [-0.1, -0.05) is 18.9 Å². The van der Waals surface area contributed by atoms with E-state index in [1.165, 1.54) is 12.8 Å². The SMILES string of the molecule is COc1ccc(CNc2cncc(C(=O)N3CCCCCC3)c2)cc1OC. The number of hydrogen-bond donors (Lipinski definition) is 1. The molecule has 0 saturated carbocycles. The zero-order valence-corrected chi connectivity index (χ0v) is 16.0. The largest absolute Gasteiger partial charge is 0.493 e. The molecular formula is C21H27N3O3. The number of anilines is 1. The summed E-state index contributed by atoms with van der Waals surface area (Å²) in [5.74, 6) is 1.46. The summed E-state index contributed by atoms with van der Waals surface area (Å²) in [5, 5.41) is 3.33. The summed E-state index contributed by atoms with van der Waals surface area (Å²) >= 11 is 0. The minimum absolute atomic E-state index is 0.0687. The summed E-state index contributed by atoms with van der Waals surface area (Å²) in [6.45, 7) is 2.27. The Balaban J connectivity index is 1.66. The predicted octanol–water partition coefficient (Wildman–Crippen LogP) is 3.73. The molecule has 0 atom stereocenters. The summed E-state index contributed by atoms with van der Waals surface area (Å²) in [7, 11) is 3.24. The predicted molar refractivity (Wildman–Crippen MR) is 105 cm³/mol. The van der Waals surface area contributed by atoms with Crippen LogP contribution in [0.15, 0.2) is 36.7 Å². The molecule has 1 saturated heterocycles. The van der Waals surface area contributed by atoms with Crippen LogP contribution in [0.1, 0.15) is 41.6 Å². The number of nitrogens with zero attached hydrogens (tertiary/aromatic N) is 2. The van der Waals surface area contributed by atoms with Crippen LogP contribution in [0.25, 0.3) is 0 Å². The molecular weight excluding hydrogens is 342 g/mol. The molecule has 0 bridgehead atoms. The standard InChI is InChI=1S/C21H27N3O3/c1-26-19-8-7-16(11-20(19)27-2)13-23-18-12-17(14-22-15-18)21(25)24-9-5-3-4-6-10-24/h7-8,11-12,14-15,23H,3-6,9-10,13H2,1-2H3. The summed E-state index contributed by atoms with van der Waals surface area (Å²) in [5.41, 5.74) is 2.51. The van der Waals surface area contributed by atoms with Crippen LogP contribution in [-0.2, 0) is 6.54 Å². The first-order valence-corrected chi connectivity index (χ1v) is 9.40. The molecule has 3 rings (SSSR count). The highest BCUT2D eigenvalue weighted by atomic mass is 16.5. The Morgan fingerprint density at radius 1 is 1.04 bits per heavy atom. The van der Waals surface area contributed by atoms with Gasteiger partial charge in [-0.15, -0.1) is 0 Å². The number of carbonyl (C=O) groups is 1. The van der Waals surface area contributed by atoms with Crippen LogP contribution in [0.3, 0.4) is 0 Å². The molecule has 1 fully saturated rings. The fourth-order valence-electron chi connectivity index (χ4n) is 3.30. The van der Waals surface area contributed by atoms with Crippen molar-refractivity contribution in [3.63, 3.8) is 0 Å². The Bertz CT molecular complexity index is 771. The number of carbonyl (C=O) groups excluding carboxylic acids is 1. The summed E-state index contributed by atoms with van der Waals surface area (Å²) in [4.78, 5) is 18.9. The number of ether oxygens (including phenoxy) is 2. The van der Waals surface area contributed by atoms with Crippen molar-refractivity contribution < 1.29 is 14.3 Å². The minimum Gasteiger partial charge on any atom is -0.493 e. The molecule has 1 aliphatic rings. The second-order valence-corrected chi connectivity index (χ2v) is 6.71. The molecule has 0 aliphatic carbocycles. The van der Waals surface area contributed by atoms with Gasteiger partial charge in [-0.2, -0.15) is 0 Å². The number of amides is 1. The van der Waals surface area contributed by atoms with Crippen molar-refractivity contribution in [1.29, 1.82) is 0 Å². The topological polar surface area (TPSA) is 63.7 Å². The molecule has 2 heterocycles. The fourth-order valence-corrected chi connectivity index (χ4v) is 3.30. The van der Waals surface area contributed by atoms with E-state index in [0.29, 0.717) is 23.6 Å². The Kier molecular flexibility index (Phi) is 6.52. The lowest BCUT2D eigenvalue weighted by Gasteiger charge is -2.20. The number of methoxy groups -OCH3 is 2. The van der Waals surface area contributed by atoms with Gasteiger partial charge >= 0.3 is 0 Å². The third-order valence-electron chi connectivity index (χ3n) is 4.82. The highest BCUT2D eigenvalue weighted by Crippen LogP contribution is 2.27. The molecule has 1 N–H and O–H groups in total. The van der Waals surface area contributed by atoms with Gasteiger partial charge in [-0.05, 0) is 36.6 Å². The number of pyridine rings is 1. The molecule has 144 valence electrons. The average molecular weight is 369 g/mol. The monoisotopic (exact) mass is 369 g/mol. The molecule has 27 heavy (non-hydrogen) atoms. The zero-order chi connectivity index (χ0) is 19.1. The Hall–Kier alpha value is -2.76. The highest BCUT2D eigenvalue weighted by molar-refractivity contribution is 5.94. The first-order valence-electron chi connectivity index (χ1n) is 9.40. The molecule has 0 radical (unpaired) electrons. The van der Waals surface area contributed by atoms with Crippen molar-refractivity contribution in [2.75, 3.05) is 32.6 Å². The second kappa shape index (κ2) is 9.26. The van der Waals surface area contributed by atoms with Crippen LogP contribution >= 0.6 is 0 Å². The van der Waals surface area contributed by atoms with Crippen molar-refractivity contribution >= 4 is 11.6 Å². The average Bonchev–Trinajstić information content (AvgIpc) is 3.01. The van der Waals surface area contributed by atoms with E-state index in [9.17, 15) is 4.79 Å².